The van der Waals surface area contributed by atoms with Gasteiger partial charge >= 0.3 is 12.1 Å². The fourth-order valence-corrected chi connectivity index (χ4v) is 5.90. The number of rotatable bonds is 6. The lowest BCUT2D eigenvalue weighted by molar-refractivity contribution is -0.192. The molecule has 1 saturated heterocycles. The molecule has 8 nitrogen and oxygen atoms in total. The van der Waals surface area contributed by atoms with Crippen molar-refractivity contribution in [3.63, 3.8) is 0 Å². The highest BCUT2D eigenvalue weighted by Crippen LogP contribution is 2.28. The van der Waals surface area contributed by atoms with Gasteiger partial charge in [0.15, 0.2) is 0 Å². The van der Waals surface area contributed by atoms with Crippen molar-refractivity contribution in [3.8, 4) is 0 Å². The van der Waals surface area contributed by atoms with Crippen molar-refractivity contribution in [2.45, 2.75) is 75.4 Å². The highest BCUT2D eigenvalue weighted by Gasteiger charge is 2.38. The summed E-state index contributed by atoms with van der Waals surface area (Å²) in [5.74, 6) is -2.50. The Bertz CT molecular complexity index is 954. The largest absolute Gasteiger partial charge is 0.490 e. The van der Waals surface area contributed by atoms with E-state index in [9.17, 15) is 26.4 Å². The lowest BCUT2D eigenvalue weighted by Gasteiger charge is -2.33. The maximum atomic E-state index is 13.6. The normalized spacial score (nSPS) is 17.9. The predicted molar refractivity (Wildman–Crippen MR) is 129 cm³/mol. The Morgan fingerprint density at radius 1 is 1.06 bits per heavy atom. The summed E-state index contributed by atoms with van der Waals surface area (Å²) >= 11 is 0. The van der Waals surface area contributed by atoms with E-state index >= 15 is 0 Å². The van der Waals surface area contributed by atoms with Gasteiger partial charge in [-0.3, -0.25) is 4.79 Å². The van der Waals surface area contributed by atoms with Crippen molar-refractivity contribution < 1.29 is 36.3 Å². The van der Waals surface area contributed by atoms with E-state index in [4.69, 9.17) is 9.90 Å². The first-order chi connectivity index (χ1) is 16.8. The number of aliphatic carboxylic acids is 1. The number of sulfonamides is 1. The van der Waals surface area contributed by atoms with Gasteiger partial charge in [0.05, 0.1) is 11.4 Å². The molecule has 3 rings (SSSR count). The Morgan fingerprint density at radius 3 is 2.00 bits per heavy atom. The number of carboxylic acid groups (broad SMARTS) is 1. The number of hydrogen-bond acceptors (Lipinski definition) is 5. The van der Waals surface area contributed by atoms with E-state index in [1.807, 2.05) is 12.1 Å². The molecular formula is C24H36F3N3O5S. The standard InChI is InChI=1S/C22H35N3O3S.C2HF3O2/c1-18(2)19-9-11-21(12-10-19)29(27,28)25(20-7-5-3-4-6-8-20)17-22(26)24-15-13-23-14-16-24;3-2(4,5)1(6)7/h9-12,18,20,23H,3-8,13-17H2,1-2H3;(H,6,7). The van der Waals surface area contributed by atoms with E-state index in [1.54, 1.807) is 17.0 Å². The molecule has 1 aromatic carbocycles. The van der Waals surface area contributed by atoms with Gasteiger partial charge in [-0.05, 0) is 36.5 Å². The number of amides is 1. The molecule has 12 heteroatoms. The van der Waals surface area contributed by atoms with Gasteiger partial charge in [0, 0.05) is 32.2 Å². The lowest BCUT2D eigenvalue weighted by Crippen LogP contribution is -2.52. The van der Waals surface area contributed by atoms with Crippen LogP contribution in [0.5, 0.6) is 0 Å². The van der Waals surface area contributed by atoms with E-state index in [1.165, 1.54) is 4.31 Å². The summed E-state index contributed by atoms with van der Waals surface area (Å²) in [6.45, 7) is 6.93. The van der Waals surface area contributed by atoms with Crippen molar-refractivity contribution in [1.82, 2.24) is 14.5 Å². The lowest BCUT2D eigenvalue weighted by atomic mass is 10.0. The summed E-state index contributed by atoms with van der Waals surface area (Å²) in [7, 11) is -3.72. The van der Waals surface area contributed by atoms with Crippen molar-refractivity contribution in [2.75, 3.05) is 32.7 Å². The fraction of sp³-hybridized carbons (Fsp3) is 0.667. The van der Waals surface area contributed by atoms with Gasteiger partial charge in [-0.2, -0.15) is 17.5 Å². The zero-order valence-electron chi connectivity index (χ0n) is 20.8. The molecule has 0 unspecified atom stereocenters. The molecule has 1 aliphatic heterocycles. The Kier molecular flexibility index (Phi) is 11.2. The van der Waals surface area contributed by atoms with Crippen LogP contribution < -0.4 is 5.32 Å². The zero-order valence-corrected chi connectivity index (χ0v) is 21.6. The molecule has 0 atom stereocenters. The predicted octanol–water partition coefficient (Wildman–Crippen LogP) is 3.59. The third-order valence-electron chi connectivity index (χ3n) is 6.39. The van der Waals surface area contributed by atoms with Crippen LogP contribution >= 0.6 is 0 Å². The smallest absolute Gasteiger partial charge is 0.475 e. The summed E-state index contributed by atoms with van der Waals surface area (Å²) in [5, 5.41) is 10.4. The first-order valence-corrected chi connectivity index (χ1v) is 13.7. The molecule has 0 spiro atoms. The molecule has 1 aliphatic carbocycles. The average molecular weight is 536 g/mol. The van der Waals surface area contributed by atoms with Crippen molar-refractivity contribution in [3.05, 3.63) is 29.8 Å². The van der Waals surface area contributed by atoms with Crippen molar-refractivity contribution in [1.29, 1.82) is 0 Å². The molecule has 1 amide bonds. The van der Waals surface area contributed by atoms with Crippen LogP contribution in [0.2, 0.25) is 0 Å². The second-order valence-electron chi connectivity index (χ2n) is 9.35. The van der Waals surface area contributed by atoms with Crippen LogP contribution in [0.4, 0.5) is 13.2 Å². The second kappa shape index (κ2) is 13.4. The number of alkyl halides is 3. The van der Waals surface area contributed by atoms with Crippen LogP contribution in [-0.4, -0.2) is 79.5 Å². The third kappa shape index (κ3) is 8.74. The van der Waals surface area contributed by atoms with E-state index in [2.05, 4.69) is 19.2 Å². The number of piperazine rings is 1. The van der Waals surface area contributed by atoms with Crippen LogP contribution in [-0.2, 0) is 19.6 Å². The minimum absolute atomic E-state index is 0.0566. The summed E-state index contributed by atoms with van der Waals surface area (Å²) in [4.78, 5) is 23.9. The number of nitrogens with zero attached hydrogens (tertiary/aromatic N) is 2. The topological polar surface area (TPSA) is 107 Å². The minimum atomic E-state index is -5.08. The Morgan fingerprint density at radius 2 is 1.56 bits per heavy atom. The molecular weight excluding hydrogens is 499 g/mol. The van der Waals surface area contributed by atoms with Gasteiger partial charge in [-0.15, -0.1) is 0 Å². The van der Waals surface area contributed by atoms with Gasteiger partial charge in [0.25, 0.3) is 0 Å². The number of halogens is 3. The van der Waals surface area contributed by atoms with E-state index in [0.29, 0.717) is 23.9 Å². The van der Waals surface area contributed by atoms with E-state index in [0.717, 1.165) is 57.2 Å². The molecule has 36 heavy (non-hydrogen) atoms. The second-order valence-corrected chi connectivity index (χ2v) is 11.2. The highest BCUT2D eigenvalue weighted by atomic mass is 32.2. The maximum absolute atomic E-state index is 13.6. The van der Waals surface area contributed by atoms with Gasteiger partial charge in [-0.25, -0.2) is 13.2 Å². The van der Waals surface area contributed by atoms with Crippen molar-refractivity contribution in [2.24, 2.45) is 0 Å². The summed E-state index contributed by atoms with van der Waals surface area (Å²) in [5.41, 5.74) is 1.11. The SMILES string of the molecule is CC(C)c1ccc(S(=O)(=O)N(CC(=O)N2CCNCC2)C2CCCCCC2)cc1.O=C(O)C(F)(F)F. The molecule has 1 heterocycles. The van der Waals surface area contributed by atoms with E-state index in [-0.39, 0.29) is 18.5 Å². The van der Waals surface area contributed by atoms with Gasteiger partial charge in [0.1, 0.15) is 0 Å². The molecule has 1 saturated carbocycles. The molecule has 1 aromatic rings. The number of carbonyl (C=O) groups excluding carboxylic acids is 1. The molecule has 2 aliphatic rings. The third-order valence-corrected chi connectivity index (χ3v) is 8.30. The van der Waals surface area contributed by atoms with Crippen LogP contribution in [0, 0.1) is 0 Å². The molecule has 0 aromatic heterocycles. The molecule has 204 valence electrons. The maximum Gasteiger partial charge on any atom is 0.490 e. The quantitative estimate of drug-likeness (QED) is 0.540. The first-order valence-electron chi connectivity index (χ1n) is 12.2. The minimum Gasteiger partial charge on any atom is -0.475 e. The van der Waals surface area contributed by atoms with Gasteiger partial charge < -0.3 is 15.3 Å². The zero-order chi connectivity index (χ0) is 26.9. The number of nitrogens with one attached hydrogen (secondary N) is 1. The number of benzene rings is 1. The Hall–Kier alpha value is -2.18. The monoisotopic (exact) mass is 535 g/mol. The van der Waals surface area contributed by atoms with E-state index < -0.39 is 22.2 Å². The first kappa shape index (κ1) is 30.0. The van der Waals surface area contributed by atoms with Gasteiger partial charge in [-0.1, -0.05) is 51.7 Å². The van der Waals surface area contributed by atoms with Crippen LogP contribution in [0.25, 0.3) is 0 Å². The summed E-state index contributed by atoms with van der Waals surface area (Å²) < 4.78 is 60.4. The Balaban J connectivity index is 0.000000572. The van der Waals surface area contributed by atoms with Crippen LogP contribution in [0.1, 0.15) is 63.9 Å². The highest BCUT2D eigenvalue weighted by molar-refractivity contribution is 7.89. The average Bonchev–Trinajstić information content (AvgIpc) is 3.12. The molecule has 0 bridgehead atoms. The fourth-order valence-electron chi connectivity index (χ4n) is 4.26. The molecule has 2 N–H and O–H groups in total. The van der Waals surface area contributed by atoms with Crippen LogP contribution in [0.15, 0.2) is 29.2 Å². The number of carboxylic acids is 1. The Labute approximate surface area is 210 Å². The number of carbonyl (C=O) groups is 2. The summed E-state index contributed by atoms with van der Waals surface area (Å²) in [6, 6.07) is 7.08. The van der Waals surface area contributed by atoms with Crippen molar-refractivity contribution >= 4 is 21.9 Å². The number of hydrogen-bond donors (Lipinski definition) is 2. The van der Waals surface area contributed by atoms with Crippen LogP contribution in [0.3, 0.4) is 0 Å². The molecule has 2 fully saturated rings. The summed E-state index contributed by atoms with van der Waals surface area (Å²) in [6.07, 6.45) is 0.893. The van der Waals surface area contributed by atoms with Gasteiger partial charge in [0.2, 0.25) is 15.9 Å². The molecule has 0 radical (unpaired) electrons.